The molecule has 0 aliphatic heterocycles. The van der Waals surface area contributed by atoms with E-state index in [9.17, 15) is 4.39 Å². The third-order valence-electron chi connectivity index (χ3n) is 2.90. The quantitative estimate of drug-likeness (QED) is 0.796. The van der Waals surface area contributed by atoms with Crippen LogP contribution in [0, 0.1) is 5.82 Å². The molecule has 0 unspecified atom stereocenters. The van der Waals surface area contributed by atoms with Gasteiger partial charge in [-0.05, 0) is 48.9 Å². The summed E-state index contributed by atoms with van der Waals surface area (Å²) in [6.07, 6.45) is 0. The zero-order valence-electron chi connectivity index (χ0n) is 11.7. The minimum Gasteiger partial charge on any atom is -0.490 e. The van der Waals surface area contributed by atoms with E-state index in [4.69, 9.17) is 15.2 Å². The second-order valence-electron chi connectivity index (χ2n) is 4.63. The number of hydrogen-bond acceptors (Lipinski definition) is 3. The average molecular weight is 354 g/mol. The molecule has 0 aliphatic rings. The number of halogens is 2. The molecule has 0 saturated carbocycles. The molecule has 21 heavy (non-hydrogen) atoms. The van der Waals surface area contributed by atoms with E-state index < -0.39 is 5.82 Å². The summed E-state index contributed by atoms with van der Waals surface area (Å²) in [4.78, 5) is 0. The van der Waals surface area contributed by atoms with Crippen molar-refractivity contribution in [2.45, 2.75) is 13.0 Å². The van der Waals surface area contributed by atoms with Crippen LogP contribution in [0.4, 0.5) is 4.39 Å². The first-order valence-electron chi connectivity index (χ1n) is 6.62. The van der Waals surface area contributed by atoms with Crippen molar-refractivity contribution in [1.29, 1.82) is 0 Å². The lowest BCUT2D eigenvalue weighted by Crippen LogP contribution is -2.10. The van der Waals surface area contributed by atoms with Gasteiger partial charge in [-0.25, -0.2) is 4.39 Å². The highest BCUT2D eigenvalue weighted by Gasteiger charge is 2.07. The van der Waals surface area contributed by atoms with Crippen LogP contribution in [-0.4, -0.2) is 13.2 Å². The number of nitrogens with two attached hydrogens (primary N) is 1. The van der Waals surface area contributed by atoms with E-state index in [0.29, 0.717) is 6.61 Å². The Morgan fingerprint density at radius 3 is 2.38 bits per heavy atom. The lowest BCUT2D eigenvalue weighted by molar-refractivity contribution is 0.211. The third-order valence-corrected chi connectivity index (χ3v) is 3.43. The van der Waals surface area contributed by atoms with Gasteiger partial charge in [-0.3, -0.25) is 0 Å². The van der Waals surface area contributed by atoms with Crippen LogP contribution < -0.4 is 15.2 Å². The Balaban J connectivity index is 1.82. The first-order chi connectivity index (χ1) is 10.1. The second-order valence-corrected chi connectivity index (χ2v) is 5.55. The van der Waals surface area contributed by atoms with E-state index in [1.165, 1.54) is 6.07 Å². The van der Waals surface area contributed by atoms with Gasteiger partial charge in [0, 0.05) is 10.5 Å². The smallest absolute Gasteiger partial charge is 0.165 e. The summed E-state index contributed by atoms with van der Waals surface area (Å²) in [5, 5.41) is 0. The third kappa shape index (κ3) is 4.72. The van der Waals surface area contributed by atoms with Crippen molar-refractivity contribution in [3.8, 4) is 11.5 Å². The van der Waals surface area contributed by atoms with E-state index in [1.807, 2.05) is 24.3 Å². The van der Waals surface area contributed by atoms with Gasteiger partial charge in [0.15, 0.2) is 11.6 Å². The molecule has 5 heteroatoms. The monoisotopic (exact) mass is 353 g/mol. The average Bonchev–Trinajstić information content (AvgIpc) is 2.46. The first-order valence-corrected chi connectivity index (χ1v) is 7.42. The molecule has 0 amide bonds. The first kappa shape index (κ1) is 15.8. The molecule has 2 aromatic carbocycles. The molecule has 0 heterocycles. The Bertz CT molecular complexity index is 587. The molecule has 0 spiro atoms. The molecule has 1 atom stereocenters. The van der Waals surface area contributed by atoms with Gasteiger partial charge in [0.25, 0.3) is 0 Å². The summed E-state index contributed by atoms with van der Waals surface area (Å²) >= 11 is 3.35. The minimum absolute atomic E-state index is 0.200. The fourth-order valence-electron chi connectivity index (χ4n) is 1.76. The van der Waals surface area contributed by atoms with Crippen LogP contribution in [0.15, 0.2) is 46.9 Å². The van der Waals surface area contributed by atoms with Gasteiger partial charge in [-0.2, -0.15) is 0 Å². The number of ether oxygens (including phenoxy) is 2. The largest absolute Gasteiger partial charge is 0.490 e. The van der Waals surface area contributed by atoms with Crippen LogP contribution in [0.2, 0.25) is 0 Å². The molecule has 2 aromatic rings. The van der Waals surface area contributed by atoms with Crippen LogP contribution >= 0.6 is 15.9 Å². The Hall–Kier alpha value is -1.59. The fraction of sp³-hybridized carbons (Fsp3) is 0.250. The topological polar surface area (TPSA) is 44.5 Å². The van der Waals surface area contributed by atoms with E-state index in [0.717, 1.165) is 15.8 Å². The lowest BCUT2D eigenvalue weighted by atomic mass is 10.1. The van der Waals surface area contributed by atoms with Crippen LogP contribution in [0.1, 0.15) is 18.5 Å². The fourth-order valence-corrected chi connectivity index (χ4v) is 2.02. The Labute approximate surface area is 132 Å². The minimum atomic E-state index is -0.409. The highest BCUT2D eigenvalue weighted by molar-refractivity contribution is 9.10. The molecule has 0 saturated heterocycles. The van der Waals surface area contributed by atoms with E-state index in [2.05, 4.69) is 15.9 Å². The van der Waals surface area contributed by atoms with Crippen LogP contribution in [0.5, 0.6) is 11.5 Å². The van der Waals surface area contributed by atoms with Crippen molar-refractivity contribution in [1.82, 2.24) is 0 Å². The Morgan fingerprint density at radius 1 is 1.10 bits per heavy atom. The molecule has 0 aromatic heterocycles. The maximum atomic E-state index is 13.8. The van der Waals surface area contributed by atoms with E-state index in [1.54, 1.807) is 19.1 Å². The van der Waals surface area contributed by atoms with Crippen molar-refractivity contribution in [2.75, 3.05) is 13.2 Å². The summed E-state index contributed by atoms with van der Waals surface area (Å²) in [5.41, 5.74) is 6.44. The zero-order valence-corrected chi connectivity index (χ0v) is 13.3. The van der Waals surface area contributed by atoms with Gasteiger partial charge < -0.3 is 15.2 Å². The predicted molar refractivity (Wildman–Crippen MR) is 84.1 cm³/mol. The maximum absolute atomic E-state index is 13.8. The standard InChI is InChI=1S/C16H17BrFNO2/c1-11(19)12-2-7-16(15(18)10-12)21-9-8-20-14-5-3-13(17)4-6-14/h2-7,10-11H,8-9,19H2,1H3/t11-/m1/s1. The van der Waals surface area contributed by atoms with Crippen molar-refractivity contribution in [2.24, 2.45) is 5.73 Å². The Morgan fingerprint density at radius 2 is 1.76 bits per heavy atom. The second kappa shape index (κ2) is 7.43. The molecule has 2 rings (SSSR count). The molecule has 0 fully saturated rings. The van der Waals surface area contributed by atoms with Gasteiger partial charge >= 0.3 is 0 Å². The summed E-state index contributed by atoms with van der Waals surface area (Å²) in [6, 6.07) is 12.0. The van der Waals surface area contributed by atoms with Crippen molar-refractivity contribution in [3.63, 3.8) is 0 Å². The highest BCUT2D eigenvalue weighted by Crippen LogP contribution is 2.21. The highest BCUT2D eigenvalue weighted by atomic mass is 79.9. The van der Waals surface area contributed by atoms with E-state index >= 15 is 0 Å². The molecule has 0 bridgehead atoms. The van der Waals surface area contributed by atoms with Crippen LogP contribution in [-0.2, 0) is 0 Å². The van der Waals surface area contributed by atoms with Gasteiger partial charge in [-0.1, -0.05) is 22.0 Å². The van der Waals surface area contributed by atoms with Crippen LogP contribution in [0.3, 0.4) is 0 Å². The molecular formula is C16H17BrFNO2. The van der Waals surface area contributed by atoms with Crippen molar-refractivity contribution < 1.29 is 13.9 Å². The normalized spacial score (nSPS) is 12.0. The lowest BCUT2D eigenvalue weighted by Gasteiger charge is -2.11. The zero-order chi connectivity index (χ0) is 15.2. The van der Waals surface area contributed by atoms with Gasteiger partial charge in [0.05, 0.1) is 0 Å². The summed E-state index contributed by atoms with van der Waals surface area (Å²) in [6.45, 7) is 2.42. The molecule has 0 aliphatic carbocycles. The van der Waals surface area contributed by atoms with Gasteiger partial charge in [0.1, 0.15) is 19.0 Å². The van der Waals surface area contributed by atoms with Gasteiger partial charge in [-0.15, -0.1) is 0 Å². The summed E-state index contributed by atoms with van der Waals surface area (Å²) < 4.78 is 25.6. The molecule has 0 radical (unpaired) electrons. The SMILES string of the molecule is C[C@@H](N)c1ccc(OCCOc2ccc(Br)cc2)c(F)c1. The summed E-state index contributed by atoms with van der Waals surface area (Å²) in [5.74, 6) is 0.543. The van der Waals surface area contributed by atoms with E-state index in [-0.39, 0.29) is 18.4 Å². The number of rotatable bonds is 6. The molecule has 112 valence electrons. The molecule has 3 nitrogen and oxygen atoms in total. The van der Waals surface area contributed by atoms with Crippen molar-refractivity contribution >= 4 is 15.9 Å². The molecular weight excluding hydrogens is 337 g/mol. The van der Waals surface area contributed by atoms with Gasteiger partial charge in [0.2, 0.25) is 0 Å². The predicted octanol–water partition coefficient (Wildman–Crippen LogP) is 4.07. The number of hydrogen-bond donors (Lipinski definition) is 1. The summed E-state index contributed by atoms with van der Waals surface area (Å²) in [7, 11) is 0. The van der Waals surface area contributed by atoms with Crippen molar-refractivity contribution in [3.05, 3.63) is 58.3 Å². The van der Waals surface area contributed by atoms with Crippen LogP contribution in [0.25, 0.3) is 0 Å². The maximum Gasteiger partial charge on any atom is 0.165 e. The molecule has 2 N–H and O–H groups in total. The number of benzene rings is 2. The Kier molecular flexibility index (Phi) is 5.59.